The molecule has 158 valence electrons. The van der Waals surface area contributed by atoms with Crippen LogP contribution >= 0.6 is 0 Å². The van der Waals surface area contributed by atoms with Crippen LogP contribution in [-0.2, 0) is 10.9 Å². The molecule has 0 aromatic heterocycles. The molecule has 1 aliphatic rings. The van der Waals surface area contributed by atoms with Crippen molar-refractivity contribution >= 4 is 6.09 Å². The maximum absolute atomic E-state index is 13.1. The zero-order chi connectivity index (χ0) is 21.3. The molecule has 28 heavy (non-hydrogen) atoms. The molecule has 2 rings (SSSR count). The van der Waals surface area contributed by atoms with Crippen molar-refractivity contribution in [3.05, 3.63) is 35.4 Å². The van der Waals surface area contributed by atoms with Crippen molar-refractivity contribution in [2.24, 2.45) is 0 Å². The normalized spacial score (nSPS) is 17.1. The summed E-state index contributed by atoms with van der Waals surface area (Å²) in [6, 6.07) is 4.73. The Bertz CT molecular complexity index is 675. The molecule has 0 radical (unpaired) electrons. The molecule has 1 saturated heterocycles. The van der Waals surface area contributed by atoms with Gasteiger partial charge in [0.15, 0.2) is 0 Å². The Balaban J connectivity index is 2.06. The third-order valence-electron chi connectivity index (χ3n) is 4.27. The average Bonchev–Trinajstić information content (AvgIpc) is 2.57. The fourth-order valence-corrected chi connectivity index (χ4v) is 2.98. The summed E-state index contributed by atoms with van der Waals surface area (Å²) in [5.74, 6) is -0.650. The van der Waals surface area contributed by atoms with Gasteiger partial charge in [0.05, 0.1) is 5.56 Å². The number of rotatable bonds is 2. The lowest BCUT2D eigenvalue weighted by Crippen LogP contribution is -2.49. The first-order chi connectivity index (χ1) is 12.7. The molecule has 0 unspecified atom stereocenters. The molecule has 1 heterocycles. The molecule has 0 aliphatic carbocycles. The van der Waals surface area contributed by atoms with Crippen molar-refractivity contribution in [2.75, 3.05) is 13.1 Å². The van der Waals surface area contributed by atoms with E-state index < -0.39 is 42.2 Å². The SMILES string of the molecule is O=C(OC(C(F)(F)F)C(F)(F)F)N1CCC(c2ccccc2C(F)(F)F)CC1. The number of benzene rings is 1. The number of ether oxygens (including phenoxy) is 1. The quantitative estimate of drug-likeness (QED) is 0.587. The van der Waals surface area contributed by atoms with Crippen molar-refractivity contribution in [1.29, 1.82) is 0 Å². The third-order valence-corrected chi connectivity index (χ3v) is 4.27. The van der Waals surface area contributed by atoms with Crippen molar-refractivity contribution in [1.82, 2.24) is 4.90 Å². The number of hydrogen-bond donors (Lipinski definition) is 0. The van der Waals surface area contributed by atoms with Gasteiger partial charge in [-0.15, -0.1) is 0 Å². The summed E-state index contributed by atoms with van der Waals surface area (Å²) in [5.41, 5.74) is -0.906. The zero-order valence-electron chi connectivity index (χ0n) is 14.0. The van der Waals surface area contributed by atoms with E-state index in [-0.39, 0.29) is 31.5 Å². The highest BCUT2D eigenvalue weighted by Crippen LogP contribution is 2.39. The Labute approximate surface area is 153 Å². The molecule has 0 N–H and O–H groups in total. The highest BCUT2D eigenvalue weighted by Gasteiger charge is 2.60. The predicted molar refractivity (Wildman–Crippen MR) is 77.4 cm³/mol. The highest BCUT2D eigenvalue weighted by atomic mass is 19.4. The van der Waals surface area contributed by atoms with Gasteiger partial charge in [-0.1, -0.05) is 18.2 Å². The topological polar surface area (TPSA) is 29.5 Å². The number of halogens is 9. The number of piperidine rings is 1. The summed E-state index contributed by atoms with van der Waals surface area (Å²) in [6.45, 7) is -0.670. The van der Waals surface area contributed by atoms with E-state index in [1.165, 1.54) is 18.2 Å². The van der Waals surface area contributed by atoms with E-state index in [1.54, 1.807) is 0 Å². The van der Waals surface area contributed by atoms with Gasteiger partial charge in [0, 0.05) is 13.1 Å². The zero-order valence-corrected chi connectivity index (χ0v) is 14.0. The van der Waals surface area contributed by atoms with Crippen molar-refractivity contribution in [3.8, 4) is 0 Å². The number of likely N-dealkylation sites (tertiary alicyclic amines) is 1. The summed E-state index contributed by atoms with van der Waals surface area (Å²) in [5, 5.41) is 0. The second kappa shape index (κ2) is 7.70. The van der Waals surface area contributed by atoms with Crippen LogP contribution in [0.1, 0.15) is 29.9 Å². The standard InChI is InChI=1S/C16H14F9NO2/c17-14(18,19)11-4-2-1-3-10(11)9-5-7-26(8-6-9)13(27)28-12(15(20,21)22)16(23,24)25/h1-4,9,12H,5-8H2. The van der Waals surface area contributed by atoms with Crippen LogP contribution in [0.25, 0.3) is 0 Å². The van der Waals surface area contributed by atoms with E-state index in [4.69, 9.17) is 0 Å². The van der Waals surface area contributed by atoms with E-state index in [0.29, 0.717) is 4.90 Å². The van der Waals surface area contributed by atoms with E-state index in [2.05, 4.69) is 4.74 Å². The minimum atomic E-state index is -5.84. The average molecular weight is 423 g/mol. The molecule has 1 amide bonds. The number of amides is 1. The highest BCUT2D eigenvalue weighted by molar-refractivity contribution is 5.68. The van der Waals surface area contributed by atoms with E-state index >= 15 is 0 Å². The van der Waals surface area contributed by atoms with Crippen LogP contribution in [0.5, 0.6) is 0 Å². The summed E-state index contributed by atoms with van der Waals surface area (Å²) in [6.07, 6.45) is -22.5. The molecular weight excluding hydrogens is 409 g/mol. The van der Waals surface area contributed by atoms with E-state index in [0.717, 1.165) is 6.07 Å². The molecule has 1 aromatic rings. The third kappa shape index (κ3) is 5.22. The Kier molecular flexibility index (Phi) is 6.10. The van der Waals surface area contributed by atoms with E-state index in [1.807, 2.05) is 0 Å². The Morgan fingerprint density at radius 3 is 1.89 bits per heavy atom. The van der Waals surface area contributed by atoms with Gasteiger partial charge in [0.1, 0.15) is 0 Å². The van der Waals surface area contributed by atoms with Crippen molar-refractivity contribution in [2.45, 2.75) is 43.4 Å². The van der Waals surface area contributed by atoms with Crippen molar-refractivity contribution in [3.63, 3.8) is 0 Å². The molecule has 3 nitrogen and oxygen atoms in total. The minimum absolute atomic E-state index is 0.0357. The monoisotopic (exact) mass is 423 g/mol. The second-order valence-corrected chi connectivity index (χ2v) is 6.19. The largest absolute Gasteiger partial charge is 0.434 e. The van der Waals surface area contributed by atoms with Gasteiger partial charge in [-0.25, -0.2) is 4.79 Å². The first-order valence-corrected chi connectivity index (χ1v) is 7.96. The molecule has 0 atom stereocenters. The van der Waals surface area contributed by atoms with Gasteiger partial charge in [-0.2, -0.15) is 39.5 Å². The fraction of sp³-hybridized carbons (Fsp3) is 0.562. The number of alkyl halides is 9. The molecular formula is C16H14F9NO2. The van der Waals surface area contributed by atoms with Gasteiger partial charge in [-0.3, -0.25) is 0 Å². The van der Waals surface area contributed by atoms with Gasteiger partial charge < -0.3 is 9.64 Å². The molecule has 12 heteroatoms. The fourth-order valence-electron chi connectivity index (χ4n) is 2.98. The maximum atomic E-state index is 13.1. The first-order valence-electron chi connectivity index (χ1n) is 7.96. The predicted octanol–water partition coefficient (Wildman–Crippen LogP) is 5.51. The van der Waals surface area contributed by atoms with Gasteiger partial charge in [0.2, 0.25) is 0 Å². The molecule has 0 saturated carbocycles. The van der Waals surface area contributed by atoms with Crippen LogP contribution in [0, 0.1) is 0 Å². The van der Waals surface area contributed by atoms with Gasteiger partial charge in [-0.05, 0) is 30.4 Å². The molecule has 1 aromatic carbocycles. The smallest absolute Gasteiger partial charge is 0.426 e. The van der Waals surface area contributed by atoms with Crippen LogP contribution < -0.4 is 0 Å². The van der Waals surface area contributed by atoms with Gasteiger partial charge in [0.25, 0.3) is 6.10 Å². The van der Waals surface area contributed by atoms with Crippen LogP contribution in [0.2, 0.25) is 0 Å². The molecule has 0 spiro atoms. The first kappa shape index (κ1) is 22.2. The second-order valence-electron chi connectivity index (χ2n) is 6.19. The van der Waals surface area contributed by atoms with Crippen LogP contribution in [0.4, 0.5) is 44.3 Å². The van der Waals surface area contributed by atoms with Crippen LogP contribution in [-0.4, -0.2) is 42.5 Å². The number of hydrogen-bond acceptors (Lipinski definition) is 2. The van der Waals surface area contributed by atoms with Crippen molar-refractivity contribution < 1.29 is 49.0 Å². The lowest BCUT2D eigenvalue weighted by atomic mass is 9.86. The molecule has 1 fully saturated rings. The Morgan fingerprint density at radius 2 is 1.43 bits per heavy atom. The Morgan fingerprint density at radius 1 is 0.929 bits per heavy atom. The lowest BCUT2D eigenvalue weighted by molar-refractivity contribution is -0.308. The number of carbonyl (C=O) groups excluding carboxylic acids is 1. The van der Waals surface area contributed by atoms with Crippen LogP contribution in [0.3, 0.4) is 0 Å². The molecule has 1 aliphatic heterocycles. The summed E-state index contributed by atoms with van der Waals surface area (Å²) in [7, 11) is 0. The minimum Gasteiger partial charge on any atom is -0.426 e. The molecule has 0 bridgehead atoms. The van der Waals surface area contributed by atoms with E-state index in [9.17, 15) is 44.3 Å². The van der Waals surface area contributed by atoms with Gasteiger partial charge >= 0.3 is 24.6 Å². The number of nitrogens with zero attached hydrogens (tertiary/aromatic N) is 1. The summed E-state index contributed by atoms with van der Waals surface area (Å²) < 4.78 is 118. The Hall–Kier alpha value is -2.14. The number of carbonyl (C=O) groups is 1. The maximum Gasteiger partial charge on any atom is 0.434 e. The van der Waals surface area contributed by atoms with Crippen LogP contribution in [0.15, 0.2) is 24.3 Å². The summed E-state index contributed by atoms with van der Waals surface area (Å²) in [4.78, 5) is 12.3. The lowest BCUT2D eigenvalue weighted by Gasteiger charge is -2.34. The summed E-state index contributed by atoms with van der Waals surface area (Å²) >= 11 is 0.